The van der Waals surface area contributed by atoms with E-state index in [1.165, 1.54) is 0 Å². The molecule has 0 bridgehead atoms. The molecule has 0 aromatic carbocycles. The molecule has 2 N–H and O–H groups in total. The molecular weight excluding hydrogens is 369 g/mol. The number of halogens is 3. The average molecular weight is 390 g/mol. The Hall–Kier alpha value is -2.17. The minimum atomic E-state index is -4.39. The molecule has 144 valence electrons. The van der Waals surface area contributed by atoms with Gasteiger partial charge in [-0.1, -0.05) is 5.16 Å². The molecule has 0 saturated heterocycles. The lowest BCUT2D eigenvalue weighted by Crippen LogP contribution is -2.38. The molecule has 0 aliphatic carbocycles. The first kappa shape index (κ1) is 20.1. The first-order chi connectivity index (χ1) is 12.4. The molecule has 0 atom stereocenters. The average Bonchev–Trinajstić information content (AvgIpc) is 3.20. The van der Waals surface area contributed by atoms with E-state index in [1.807, 2.05) is 6.92 Å². The van der Waals surface area contributed by atoms with Gasteiger partial charge in [0.1, 0.15) is 0 Å². The minimum absolute atomic E-state index is 0.395. The van der Waals surface area contributed by atoms with Crippen LogP contribution in [0.25, 0.3) is 0 Å². The predicted octanol–water partition coefficient (Wildman–Crippen LogP) is 2.58. The summed E-state index contributed by atoms with van der Waals surface area (Å²) in [4.78, 5) is 12.1. The number of aryl methyl sites for hydroxylation is 2. The fourth-order valence-electron chi connectivity index (χ4n) is 2.05. The maximum Gasteiger partial charge on any atom is 0.434 e. The summed E-state index contributed by atoms with van der Waals surface area (Å²) in [6.45, 7) is 5.39. The molecule has 0 saturated carbocycles. The summed E-state index contributed by atoms with van der Waals surface area (Å²) in [6.07, 6.45) is -2.61. The number of nitrogens with one attached hydrogen (secondary N) is 2. The molecule has 0 unspecified atom stereocenters. The number of nitrogens with zero attached hydrogens (tertiary/aromatic N) is 4. The number of rotatable bonds is 8. The largest absolute Gasteiger partial charge is 0.434 e. The summed E-state index contributed by atoms with van der Waals surface area (Å²) in [7, 11) is 0. The van der Waals surface area contributed by atoms with Gasteiger partial charge in [0.05, 0.1) is 5.01 Å². The second-order valence-corrected chi connectivity index (χ2v) is 6.34. The molecule has 0 radical (unpaired) electrons. The highest BCUT2D eigenvalue weighted by Crippen LogP contribution is 2.29. The van der Waals surface area contributed by atoms with Crippen LogP contribution in [0.5, 0.6) is 0 Å². The Morgan fingerprint density at radius 3 is 2.69 bits per heavy atom. The number of hydrogen-bond acceptors (Lipinski definition) is 6. The minimum Gasteiger partial charge on any atom is -0.357 e. The number of aliphatic imine (C=N–C) groups is 1. The molecule has 0 spiro atoms. The van der Waals surface area contributed by atoms with Crippen LogP contribution in [0.1, 0.15) is 35.8 Å². The van der Waals surface area contributed by atoms with Gasteiger partial charge in [-0.25, -0.2) is 4.98 Å². The fourth-order valence-corrected chi connectivity index (χ4v) is 2.85. The van der Waals surface area contributed by atoms with E-state index in [-0.39, 0.29) is 0 Å². The topological polar surface area (TPSA) is 88.2 Å². The molecule has 0 aliphatic heterocycles. The monoisotopic (exact) mass is 390 g/mol. The van der Waals surface area contributed by atoms with Gasteiger partial charge in [0, 0.05) is 37.9 Å². The molecule has 2 aromatic heterocycles. The smallest absolute Gasteiger partial charge is 0.357 e. The summed E-state index contributed by atoms with van der Waals surface area (Å²) in [5, 5.41) is 11.4. The van der Waals surface area contributed by atoms with Gasteiger partial charge in [0.2, 0.25) is 5.89 Å². The quantitative estimate of drug-likeness (QED) is 0.409. The molecule has 26 heavy (non-hydrogen) atoms. The van der Waals surface area contributed by atoms with Crippen LogP contribution in [0.2, 0.25) is 0 Å². The normalized spacial score (nSPS) is 12.4. The summed E-state index contributed by atoms with van der Waals surface area (Å²) in [5.41, 5.74) is -0.839. The Bertz CT molecular complexity index is 712. The number of hydrogen-bond donors (Lipinski definition) is 2. The van der Waals surface area contributed by atoms with Crippen LogP contribution in [-0.4, -0.2) is 40.7 Å². The highest BCUT2D eigenvalue weighted by Gasteiger charge is 2.33. The molecule has 2 aromatic rings. The van der Waals surface area contributed by atoms with Gasteiger partial charge < -0.3 is 15.2 Å². The second-order valence-electron chi connectivity index (χ2n) is 5.40. The Morgan fingerprint density at radius 1 is 1.27 bits per heavy atom. The van der Waals surface area contributed by atoms with Gasteiger partial charge in [-0.2, -0.15) is 18.2 Å². The maximum absolute atomic E-state index is 12.5. The number of guanidine groups is 1. The van der Waals surface area contributed by atoms with Gasteiger partial charge in [-0.3, -0.25) is 4.99 Å². The summed E-state index contributed by atoms with van der Waals surface area (Å²) < 4.78 is 42.6. The van der Waals surface area contributed by atoms with Crippen molar-refractivity contribution < 1.29 is 17.7 Å². The van der Waals surface area contributed by atoms with Crippen molar-refractivity contribution in [2.45, 2.75) is 39.3 Å². The van der Waals surface area contributed by atoms with Gasteiger partial charge in [-0.05, 0) is 20.3 Å². The first-order valence-electron chi connectivity index (χ1n) is 8.21. The van der Waals surface area contributed by atoms with E-state index in [4.69, 9.17) is 4.52 Å². The van der Waals surface area contributed by atoms with Crippen molar-refractivity contribution in [3.63, 3.8) is 0 Å². The van der Waals surface area contributed by atoms with Crippen LogP contribution in [0, 0.1) is 6.92 Å². The van der Waals surface area contributed by atoms with Crippen LogP contribution >= 0.6 is 11.3 Å². The van der Waals surface area contributed by atoms with Gasteiger partial charge in [0.15, 0.2) is 17.5 Å². The van der Waals surface area contributed by atoms with Crippen molar-refractivity contribution in [2.75, 3.05) is 19.6 Å². The van der Waals surface area contributed by atoms with E-state index in [0.717, 1.165) is 23.1 Å². The predicted molar refractivity (Wildman–Crippen MR) is 92.2 cm³/mol. The van der Waals surface area contributed by atoms with Crippen molar-refractivity contribution in [1.29, 1.82) is 0 Å². The molecule has 0 fully saturated rings. The number of thiazole rings is 1. The summed E-state index contributed by atoms with van der Waals surface area (Å²) >= 11 is 1.01. The van der Waals surface area contributed by atoms with Crippen molar-refractivity contribution in [2.24, 2.45) is 4.99 Å². The van der Waals surface area contributed by atoms with Crippen LogP contribution in [0.4, 0.5) is 13.2 Å². The Morgan fingerprint density at radius 2 is 2.08 bits per heavy atom. The third kappa shape index (κ3) is 6.62. The zero-order valence-corrected chi connectivity index (χ0v) is 15.4. The SMILES string of the molecule is CCNC(=NCCCc1nc(C)no1)NCCc1nc(C(F)(F)F)cs1. The highest BCUT2D eigenvalue weighted by atomic mass is 32.1. The Balaban J connectivity index is 1.75. The third-order valence-corrected chi connectivity index (χ3v) is 4.11. The lowest BCUT2D eigenvalue weighted by atomic mass is 10.3. The van der Waals surface area contributed by atoms with Crippen LogP contribution < -0.4 is 10.6 Å². The number of aromatic nitrogens is 3. The summed E-state index contributed by atoms with van der Waals surface area (Å²) in [5.74, 6) is 1.80. The summed E-state index contributed by atoms with van der Waals surface area (Å²) in [6, 6.07) is 0. The van der Waals surface area contributed by atoms with Gasteiger partial charge in [-0.15, -0.1) is 11.3 Å². The lowest BCUT2D eigenvalue weighted by Gasteiger charge is -2.10. The van der Waals surface area contributed by atoms with Gasteiger partial charge >= 0.3 is 6.18 Å². The van der Waals surface area contributed by atoms with E-state index in [9.17, 15) is 13.2 Å². The van der Waals surface area contributed by atoms with E-state index in [2.05, 4.69) is 30.8 Å². The lowest BCUT2D eigenvalue weighted by molar-refractivity contribution is -0.140. The molecule has 2 heterocycles. The van der Waals surface area contributed by atoms with Crippen LogP contribution in [0.15, 0.2) is 14.9 Å². The second kappa shape index (κ2) is 9.51. The Labute approximate surface area is 153 Å². The molecular formula is C15H21F3N6OS. The molecule has 7 nitrogen and oxygen atoms in total. The van der Waals surface area contributed by atoms with Crippen molar-refractivity contribution in [3.05, 3.63) is 27.8 Å². The number of alkyl halides is 3. The van der Waals surface area contributed by atoms with Crippen LogP contribution in [0.3, 0.4) is 0 Å². The molecule has 11 heteroatoms. The van der Waals surface area contributed by atoms with Crippen molar-refractivity contribution >= 4 is 17.3 Å². The first-order valence-corrected chi connectivity index (χ1v) is 9.09. The zero-order valence-electron chi connectivity index (χ0n) is 14.6. The highest BCUT2D eigenvalue weighted by molar-refractivity contribution is 7.09. The fraction of sp³-hybridized carbons (Fsp3) is 0.600. The van der Waals surface area contributed by atoms with E-state index in [0.29, 0.717) is 55.2 Å². The van der Waals surface area contributed by atoms with E-state index < -0.39 is 11.9 Å². The third-order valence-electron chi connectivity index (χ3n) is 3.21. The molecule has 0 amide bonds. The van der Waals surface area contributed by atoms with Gasteiger partial charge in [0.25, 0.3) is 0 Å². The van der Waals surface area contributed by atoms with E-state index in [1.54, 1.807) is 6.92 Å². The maximum atomic E-state index is 12.5. The molecule has 0 aliphatic rings. The van der Waals surface area contributed by atoms with Crippen molar-refractivity contribution in [3.8, 4) is 0 Å². The molecule has 2 rings (SSSR count). The van der Waals surface area contributed by atoms with Crippen molar-refractivity contribution in [1.82, 2.24) is 25.8 Å². The van der Waals surface area contributed by atoms with Crippen LogP contribution in [-0.2, 0) is 19.0 Å². The standard InChI is InChI=1S/C15H21F3N6OS/c1-3-19-14(20-7-4-5-12-22-10(2)24-25-12)21-8-6-13-23-11(9-26-13)15(16,17)18/h9H,3-8H2,1-2H3,(H2,19,20,21). The zero-order chi connectivity index (χ0) is 19.0. The Kier molecular flexibility index (Phi) is 7.37. The van der Waals surface area contributed by atoms with E-state index >= 15 is 0 Å².